The van der Waals surface area contributed by atoms with Crippen molar-refractivity contribution in [3.05, 3.63) is 29.3 Å². The van der Waals surface area contributed by atoms with E-state index in [9.17, 15) is 0 Å². The van der Waals surface area contributed by atoms with Crippen molar-refractivity contribution in [2.45, 2.75) is 38.8 Å². The van der Waals surface area contributed by atoms with E-state index in [4.69, 9.17) is 4.74 Å². The zero-order valence-electron chi connectivity index (χ0n) is 11.5. The average Bonchev–Trinajstić information content (AvgIpc) is 2.54. The molecule has 18 heavy (non-hydrogen) atoms. The second-order valence-electron chi connectivity index (χ2n) is 5.06. The number of benzene rings is 1. The molecule has 0 spiro atoms. The molecule has 0 saturated carbocycles. The largest absolute Gasteiger partial charge is 0.493 e. The summed E-state index contributed by atoms with van der Waals surface area (Å²) in [6, 6.07) is 7.45. The maximum Gasteiger partial charge on any atom is 0.126 e. The highest BCUT2D eigenvalue weighted by Crippen LogP contribution is 2.34. The van der Waals surface area contributed by atoms with Gasteiger partial charge in [-0.15, -0.1) is 0 Å². The lowest BCUT2D eigenvalue weighted by atomic mass is 9.99. The van der Waals surface area contributed by atoms with E-state index in [0.29, 0.717) is 12.1 Å². The zero-order chi connectivity index (χ0) is 13.0. The van der Waals surface area contributed by atoms with Gasteiger partial charge in [0.15, 0.2) is 0 Å². The molecule has 100 valence electrons. The fourth-order valence-corrected chi connectivity index (χ4v) is 3.17. The van der Waals surface area contributed by atoms with Crippen molar-refractivity contribution in [1.29, 1.82) is 0 Å². The van der Waals surface area contributed by atoms with Gasteiger partial charge in [-0.25, -0.2) is 0 Å². The van der Waals surface area contributed by atoms with E-state index in [1.807, 2.05) is 11.8 Å². The van der Waals surface area contributed by atoms with Crippen molar-refractivity contribution < 1.29 is 4.74 Å². The molecule has 0 saturated heterocycles. The lowest BCUT2D eigenvalue weighted by molar-refractivity contribution is 0.313. The Morgan fingerprint density at radius 1 is 1.50 bits per heavy atom. The summed E-state index contributed by atoms with van der Waals surface area (Å²) >= 11 is 1.89. The molecule has 1 aliphatic heterocycles. The van der Waals surface area contributed by atoms with Crippen LogP contribution in [-0.4, -0.2) is 24.7 Å². The molecule has 0 aromatic heterocycles. The van der Waals surface area contributed by atoms with Crippen molar-refractivity contribution in [3.63, 3.8) is 0 Å². The normalized spacial score (nSPS) is 20.7. The van der Waals surface area contributed by atoms with E-state index in [1.165, 1.54) is 11.1 Å². The Bertz CT molecular complexity index is 394. The molecule has 3 heteroatoms. The van der Waals surface area contributed by atoms with E-state index in [1.54, 1.807) is 0 Å². The molecular formula is C15H23NOS. The third-order valence-electron chi connectivity index (χ3n) is 3.40. The van der Waals surface area contributed by atoms with Gasteiger partial charge in [-0.2, -0.15) is 11.8 Å². The number of hydrogen-bond acceptors (Lipinski definition) is 3. The minimum Gasteiger partial charge on any atom is -0.493 e. The van der Waals surface area contributed by atoms with Crippen LogP contribution in [0.15, 0.2) is 18.2 Å². The van der Waals surface area contributed by atoms with Gasteiger partial charge in [-0.3, -0.25) is 0 Å². The molecule has 0 radical (unpaired) electrons. The van der Waals surface area contributed by atoms with E-state index in [0.717, 1.165) is 31.0 Å². The summed E-state index contributed by atoms with van der Waals surface area (Å²) in [5.41, 5.74) is 2.58. The molecule has 0 fully saturated rings. The van der Waals surface area contributed by atoms with Crippen LogP contribution >= 0.6 is 11.8 Å². The van der Waals surface area contributed by atoms with E-state index in [-0.39, 0.29) is 0 Å². The number of para-hydroxylation sites is 1. The molecule has 2 unspecified atom stereocenters. The molecule has 2 rings (SSSR count). The first-order chi connectivity index (χ1) is 8.72. The van der Waals surface area contributed by atoms with Crippen LogP contribution in [0.2, 0.25) is 0 Å². The molecule has 1 aromatic rings. The molecule has 2 nitrogen and oxygen atoms in total. The zero-order valence-corrected chi connectivity index (χ0v) is 12.3. The van der Waals surface area contributed by atoms with Crippen molar-refractivity contribution >= 4 is 11.8 Å². The standard InChI is InChI=1S/C15H23NOS/c1-11-6-4-7-13-14(16-12(2)10-18-3)8-5-9-17-15(11)13/h4,6-7,12,14,16H,5,8-10H2,1-3H3. The molecule has 0 aliphatic carbocycles. The van der Waals surface area contributed by atoms with Gasteiger partial charge in [0.25, 0.3) is 0 Å². The summed E-state index contributed by atoms with van der Waals surface area (Å²) in [5, 5.41) is 3.74. The van der Waals surface area contributed by atoms with Crippen LogP contribution in [0.1, 0.15) is 36.9 Å². The van der Waals surface area contributed by atoms with Gasteiger partial charge in [0, 0.05) is 23.4 Å². The number of rotatable bonds is 4. The van der Waals surface area contributed by atoms with Crippen LogP contribution in [0.3, 0.4) is 0 Å². The lowest BCUT2D eigenvalue weighted by Crippen LogP contribution is -2.32. The van der Waals surface area contributed by atoms with Crippen LogP contribution < -0.4 is 10.1 Å². The van der Waals surface area contributed by atoms with E-state index in [2.05, 4.69) is 43.6 Å². The smallest absolute Gasteiger partial charge is 0.126 e. The highest BCUT2D eigenvalue weighted by molar-refractivity contribution is 7.98. The molecule has 1 heterocycles. The molecule has 0 bridgehead atoms. The summed E-state index contributed by atoms with van der Waals surface area (Å²) in [6.07, 6.45) is 4.44. The lowest BCUT2D eigenvalue weighted by Gasteiger charge is -2.23. The fourth-order valence-electron chi connectivity index (χ4n) is 2.58. The quantitative estimate of drug-likeness (QED) is 0.899. The van der Waals surface area contributed by atoms with Gasteiger partial charge in [-0.1, -0.05) is 18.2 Å². The molecule has 2 atom stereocenters. The molecular weight excluding hydrogens is 242 g/mol. The number of ether oxygens (including phenoxy) is 1. The van der Waals surface area contributed by atoms with Gasteiger partial charge in [0.1, 0.15) is 5.75 Å². The Morgan fingerprint density at radius 2 is 2.33 bits per heavy atom. The topological polar surface area (TPSA) is 21.3 Å². The summed E-state index contributed by atoms with van der Waals surface area (Å²) < 4.78 is 5.91. The highest BCUT2D eigenvalue weighted by atomic mass is 32.2. The summed E-state index contributed by atoms with van der Waals surface area (Å²) in [5.74, 6) is 2.25. The Balaban J connectivity index is 2.19. The number of fused-ring (bicyclic) bond motifs is 1. The predicted octanol–water partition coefficient (Wildman–Crippen LogP) is 3.55. The Labute approximate surface area is 114 Å². The van der Waals surface area contributed by atoms with Crippen LogP contribution in [0.5, 0.6) is 5.75 Å². The number of thioether (sulfide) groups is 1. The van der Waals surface area contributed by atoms with Crippen LogP contribution in [0, 0.1) is 6.92 Å². The number of hydrogen-bond donors (Lipinski definition) is 1. The van der Waals surface area contributed by atoms with Crippen LogP contribution in [0.25, 0.3) is 0 Å². The minimum atomic E-state index is 0.435. The monoisotopic (exact) mass is 265 g/mol. The minimum absolute atomic E-state index is 0.435. The first-order valence-corrected chi connectivity index (χ1v) is 8.09. The number of aryl methyl sites for hydroxylation is 1. The van der Waals surface area contributed by atoms with Crippen LogP contribution in [0.4, 0.5) is 0 Å². The van der Waals surface area contributed by atoms with Crippen molar-refractivity contribution in [3.8, 4) is 5.75 Å². The first kappa shape index (κ1) is 13.8. The van der Waals surface area contributed by atoms with Gasteiger partial charge in [0.2, 0.25) is 0 Å². The third kappa shape index (κ3) is 3.21. The second kappa shape index (κ2) is 6.48. The second-order valence-corrected chi connectivity index (χ2v) is 5.97. The number of nitrogens with one attached hydrogen (secondary N) is 1. The van der Waals surface area contributed by atoms with E-state index < -0.39 is 0 Å². The Morgan fingerprint density at radius 3 is 3.11 bits per heavy atom. The summed E-state index contributed by atoms with van der Waals surface area (Å²) in [7, 11) is 0. The van der Waals surface area contributed by atoms with Gasteiger partial charge >= 0.3 is 0 Å². The maximum absolute atomic E-state index is 5.91. The summed E-state index contributed by atoms with van der Waals surface area (Å²) in [6.45, 7) is 5.23. The Kier molecular flexibility index (Phi) is 4.95. The SMILES string of the molecule is CSCC(C)NC1CCCOc2c(C)cccc21. The Hall–Kier alpha value is -0.670. The third-order valence-corrected chi connectivity index (χ3v) is 4.24. The fraction of sp³-hybridized carbons (Fsp3) is 0.600. The van der Waals surface area contributed by atoms with Gasteiger partial charge in [0.05, 0.1) is 6.61 Å². The average molecular weight is 265 g/mol. The predicted molar refractivity (Wildman–Crippen MR) is 79.6 cm³/mol. The molecule has 1 aliphatic rings. The first-order valence-electron chi connectivity index (χ1n) is 6.69. The van der Waals surface area contributed by atoms with Crippen LogP contribution in [-0.2, 0) is 0 Å². The van der Waals surface area contributed by atoms with E-state index >= 15 is 0 Å². The van der Waals surface area contributed by atoms with Crippen molar-refractivity contribution in [2.24, 2.45) is 0 Å². The van der Waals surface area contributed by atoms with Crippen molar-refractivity contribution in [2.75, 3.05) is 18.6 Å². The maximum atomic E-state index is 5.91. The van der Waals surface area contributed by atoms with Gasteiger partial charge in [-0.05, 0) is 38.5 Å². The highest BCUT2D eigenvalue weighted by Gasteiger charge is 2.21. The van der Waals surface area contributed by atoms with Gasteiger partial charge < -0.3 is 10.1 Å². The molecule has 0 amide bonds. The summed E-state index contributed by atoms with van der Waals surface area (Å²) in [4.78, 5) is 0. The molecule has 1 N–H and O–H groups in total. The van der Waals surface area contributed by atoms with Crippen molar-refractivity contribution in [1.82, 2.24) is 5.32 Å². The molecule has 1 aromatic carbocycles.